The first kappa shape index (κ1) is 23.4. The zero-order chi connectivity index (χ0) is 21.9. The first-order valence-corrected chi connectivity index (χ1v) is 10.3. The Balaban J connectivity index is 0.000000343. The Bertz CT molecular complexity index is 762. The van der Waals surface area contributed by atoms with Crippen molar-refractivity contribution in [2.45, 2.75) is 26.2 Å². The molecule has 0 saturated carbocycles. The van der Waals surface area contributed by atoms with E-state index in [1.54, 1.807) is 0 Å². The highest BCUT2D eigenvalue weighted by Gasteiger charge is 2.31. The second kappa shape index (κ2) is 11.9. The zero-order valence-corrected chi connectivity index (χ0v) is 17.6. The Morgan fingerprint density at radius 2 is 1.40 bits per heavy atom. The summed E-state index contributed by atoms with van der Waals surface area (Å²) in [6.07, 6.45) is 2.42. The Labute approximate surface area is 178 Å². The molecule has 2 aromatic rings. The van der Waals surface area contributed by atoms with Crippen molar-refractivity contribution in [3.8, 4) is 0 Å². The molecular formula is C25H31NO4. The minimum absolute atomic E-state index is 0.527. The molecule has 1 heterocycles. The SMILES string of the molecule is CC(C)CN1CCC(C(c2ccccc2)c2ccccc2)C1.O=C(O)C=CC(=O)O. The highest BCUT2D eigenvalue weighted by Crippen LogP contribution is 2.37. The molecule has 0 bridgehead atoms. The third kappa shape index (κ3) is 7.84. The molecule has 30 heavy (non-hydrogen) atoms. The second-order valence-corrected chi connectivity index (χ2v) is 8.01. The summed E-state index contributed by atoms with van der Waals surface area (Å²) in [4.78, 5) is 21.8. The highest BCUT2D eigenvalue weighted by molar-refractivity contribution is 5.89. The van der Waals surface area contributed by atoms with E-state index in [4.69, 9.17) is 10.2 Å². The molecule has 0 spiro atoms. The predicted octanol–water partition coefficient (Wildman–Crippen LogP) is 4.51. The molecule has 5 heteroatoms. The summed E-state index contributed by atoms with van der Waals surface area (Å²) in [5.41, 5.74) is 2.93. The van der Waals surface area contributed by atoms with Gasteiger partial charge in [0.15, 0.2) is 0 Å². The summed E-state index contributed by atoms with van der Waals surface area (Å²) in [5.74, 6) is -0.506. The fourth-order valence-electron chi connectivity index (χ4n) is 4.02. The molecule has 5 nitrogen and oxygen atoms in total. The smallest absolute Gasteiger partial charge is 0.328 e. The van der Waals surface area contributed by atoms with Crippen molar-refractivity contribution in [1.29, 1.82) is 0 Å². The second-order valence-electron chi connectivity index (χ2n) is 8.01. The maximum Gasteiger partial charge on any atom is 0.328 e. The van der Waals surface area contributed by atoms with Crippen LogP contribution in [0.4, 0.5) is 0 Å². The van der Waals surface area contributed by atoms with Gasteiger partial charge in [0.1, 0.15) is 0 Å². The summed E-state index contributed by atoms with van der Waals surface area (Å²) in [6.45, 7) is 8.34. The van der Waals surface area contributed by atoms with Crippen LogP contribution in [0.1, 0.15) is 37.3 Å². The van der Waals surface area contributed by atoms with Crippen LogP contribution in [0.25, 0.3) is 0 Å². The van der Waals surface area contributed by atoms with Crippen LogP contribution in [0.3, 0.4) is 0 Å². The van der Waals surface area contributed by atoms with Crippen LogP contribution in [0.5, 0.6) is 0 Å². The standard InChI is InChI=1S/C21H27N.C4H4O4/c1-17(2)15-22-14-13-20(16-22)21(18-9-5-3-6-10-18)19-11-7-4-8-12-19;5-3(6)1-2-4(7)8/h3-12,17,20-21H,13-16H2,1-2H3;1-2H,(H,5,6)(H,7,8). The molecule has 2 aromatic carbocycles. The molecule has 1 saturated heterocycles. The van der Waals surface area contributed by atoms with Crippen LogP contribution < -0.4 is 0 Å². The monoisotopic (exact) mass is 409 g/mol. The van der Waals surface area contributed by atoms with E-state index in [1.165, 1.54) is 37.2 Å². The molecule has 3 rings (SSSR count). The topological polar surface area (TPSA) is 77.8 Å². The minimum atomic E-state index is -1.26. The van der Waals surface area contributed by atoms with Crippen molar-refractivity contribution >= 4 is 11.9 Å². The minimum Gasteiger partial charge on any atom is -0.478 e. The summed E-state index contributed by atoms with van der Waals surface area (Å²) in [7, 11) is 0. The van der Waals surface area contributed by atoms with Crippen LogP contribution >= 0.6 is 0 Å². The number of aliphatic carboxylic acids is 2. The summed E-state index contributed by atoms with van der Waals surface area (Å²) < 4.78 is 0. The molecule has 0 aliphatic carbocycles. The van der Waals surface area contributed by atoms with Crippen molar-refractivity contribution in [2.75, 3.05) is 19.6 Å². The number of hydrogen-bond acceptors (Lipinski definition) is 3. The van der Waals surface area contributed by atoms with Crippen LogP contribution in [-0.4, -0.2) is 46.7 Å². The van der Waals surface area contributed by atoms with E-state index in [0.717, 1.165) is 11.8 Å². The molecule has 0 radical (unpaired) electrons. The van der Waals surface area contributed by atoms with E-state index in [2.05, 4.69) is 79.4 Å². The van der Waals surface area contributed by atoms with Crippen LogP contribution in [0.2, 0.25) is 0 Å². The maximum atomic E-state index is 9.55. The van der Waals surface area contributed by atoms with Gasteiger partial charge in [0.2, 0.25) is 0 Å². The Kier molecular flexibility index (Phi) is 9.29. The van der Waals surface area contributed by atoms with Crippen molar-refractivity contribution in [3.05, 3.63) is 83.9 Å². The van der Waals surface area contributed by atoms with Crippen LogP contribution in [0, 0.1) is 11.8 Å². The fraction of sp³-hybridized carbons (Fsp3) is 0.360. The van der Waals surface area contributed by atoms with Crippen molar-refractivity contribution in [3.63, 3.8) is 0 Å². The largest absolute Gasteiger partial charge is 0.478 e. The first-order chi connectivity index (χ1) is 14.4. The highest BCUT2D eigenvalue weighted by atomic mass is 16.4. The number of carbonyl (C=O) groups is 2. The molecule has 0 aromatic heterocycles. The average molecular weight is 410 g/mol. The molecule has 160 valence electrons. The van der Waals surface area contributed by atoms with E-state index in [0.29, 0.717) is 18.1 Å². The average Bonchev–Trinajstić information content (AvgIpc) is 3.16. The van der Waals surface area contributed by atoms with Gasteiger partial charge in [0.05, 0.1) is 0 Å². The lowest BCUT2D eigenvalue weighted by Crippen LogP contribution is -2.26. The first-order valence-electron chi connectivity index (χ1n) is 10.3. The number of hydrogen-bond donors (Lipinski definition) is 2. The van der Waals surface area contributed by atoms with E-state index in [9.17, 15) is 9.59 Å². The van der Waals surface area contributed by atoms with Crippen molar-refractivity contribution < 1.29 is 19.8 Å². The number of carboxylic acid groups (broad SMARTS) is 2. The zero-order valence-electron chi connectivity index (χ0n) is 17.6. The molecule has 1 aliphatic rings. The lowest BCUT2D eigenvalue weighted by molar-refractivity contribution is -0.134. The van der Waals surface area contributed by atoms with Gasteiger partial charge in [0.25, 0.3) is 0 Å². The van der Waals surface area contributed by atoms with Gasteiger partial charge in [0, 0.05) is 31.2 Å². The predicted molar refractivity (Wildman–Crippen MR) is 119 cm³/mol. The lowest BCUT2D eigenvalue weighted by atomic mass is 9.80. The van der Waals surface area contributed by atoms with Crippen LogP contribution in [-0.2, 0) is 9.59 Å². The lowest BCUT2D eigenvalue weighted by Gasteiger charge is -2.26. The summed E-state index contributed by atoms with van der Waals surface area (Å²) >= 11 is 0. The fourth-order valence-corrected chi connectivity index (χ4v) is 4.02. The van der Waals surface area contributed by atoms with Gasteiger partial charge in [-0.1, -0.05) is 74.5 Å². The molecule has 1 unspecified atom stereocenters. The van der Waals surface area contributed by atoms with Gasteiger partial charge in [-0.2, -0.15) is 0 Å². The Morgan fingerprint density at radius 1 is 0.933 bits per heavy atom. The number of benzene rings is 2. The molecule has 2 N–H and O–H groups in total. The quantitative estimate of drug-likeness (QED) is 0.658. The van der Waals surface area contributed by atoms with Gasteiger partial charge in [-0.25, -0.2) is 9.59 Å². The number of rotatable bonds is 7. The number of nitrogens with zero attached hydrogens (tertiary/aromatic N) is 1. The van der Waals surface area contributed by atoms with E-state index in [-0.39, 0.29) is 0 Å². The number of carboxylic acids is 2. The van der Waals surface area contributed by atoms with Gasteiger partial charge in [-0.3, -0.25) is 0 Å². The van der Waals surface area contributed by atoms with E-state index >= 15 is 0 Å². The molecule has 1 atom stereocenters. The van der Waals surface area contributed by atoms with E-state index < -0.39 is 11.9 Å². The Hall–Kier alpha value is -2.92. The molecule has 0 amide bonds. The summed E-state index contributed by atoms with van der Waals surface area (Å²) in [6, 6.07) is 22.1. The van der Waals surface area contributed by atoms with Crippen molar-refractivity contribution in [1.82, 2.24) is 4.90 Å². The summed E-state index contributed by atoms with van der Waals surface area (Å²) in [5, 5.41) is 15.6. The number of likely N-dealkylation sites (tertiary alicyclic amines) is 1. The van der Waals surface area contributed by atoms with Crippen molar-refractivity contribution in [2.24, 2.45) is 11.8 Å². The molecular weight excluding hydrogens is 378 g/mol. The molecule has 1 fully saturated rings. The maximum absolute atomic E-state index is 9.55. The van der Waals surface area contributed by atoms with Gasteiger partial charge in [-0.15, -0.1) is 0 Å². The van der Waals surface area contributed by atoms with E-state index in [1.807, 2.05) is 0 Å². The Morgan fingerprint density at radius 3 is 1.80 bits per heavy atom. The molecule has 1 aliphatic heterocycles. The van der Waals surface area contributed by atoms with Crippen LogP contribution in [0.15, 0.2) is 72.8 Å². The van der Waals surface area contributed by atoms with Gasteiger partial charge in [-0.05, 0) is 35.9 Å². The van der Waals surface area contributed by atoms with Gasteiger partial charge < -0.3 is 15.1 Å². The normalized spacial score (nSPS) is 16.6. The van der Waals surface area contributed by atoms with Gasteiger partial charge >= 0.3 is 11.9 Å². The third-order valence-corrected chi connectivity index (χ3v) is 5.09. The third-order valence-electron chi connectivity index (χ3n) is 5.09.